The van der Waals surface area contributed by atoms with E-state index in [0.717, 1.165) is 0 Å². The van der Waals surface area contributed by atoms with Gasteiger partial charge in [0.1, 0.15) is 5.54 Å². The summed E-state index contributed by atoms with van der Waals surface area (Å²) >= 11 is 0. The van der Waals surface area contributed by atoms with Gasteiger partial charge in [0.05, 0.1) is 13.2 Å². The molecule has 15 heavy (non-hydrogen) atoms. The minimum Gasteiger partial charge on any atom is -0.380 e. The van der Waals surface area contributed by atoms with Crippen molar-refractivity contribution in [3.63, 3.8) is 0 Å². The fourth-order valence-corrected chi connectivity index (χ4v) is 1.61. The molecule has 0 aromatic carbocycles. The third-order valence-electron chi connectivity index (χ3n) is 2.60. The predicted molar refractivity (Wildman–Crippen MR) is 55.3 cm³/mol. The molecule has 0 aliphatic carbocycles. The molecular formula is C10H18N2O3. The third kappa shape index (κ3) is 2.47. The van der Waals surface area contributed by atoms with Gasteiger partial charge in [0, 0.05) is 13.2 Å². The van der Waals surface area contributed by atoms with E-state index in [-0.39, 0.29) is 18.4 Å². The van der Waals surface area contributed by atoms with Crippen LogP contribution in [0.3, 0.4) is 0 Å². The van der Waals surface area contributed by atoms with Crippen LogP contribution in [0.25, 0.3) is 0 Å². The topological polar surface area (TPSA) is 58.6 Å². The number of carbonyl (C=O) groups excluding carboxylic acids is 2. The van der Waals surface area contributed by atoms with Crippen LogP contribution in [0.5, 0.6) is 0 Å². The lowest BCUT2D eigenvalue weighted by atomic mass is 9.99. The molecule has 0 aromatic rings. The molecule has 1 aliphatic heterocycles. The maximum absolute atomic E-state index is 11.6. The number of amides is 2. The number of hydrogen-bond acceptors (Lipinski definition) is 3. The molecule has 0 atom stereocenters. The van der Waals surface area contributed by atoms with E-state index in [1.165, 1.54) is 0 Å². The minimum atomic E-state index is -0.771. The Labute approximate surface area is 89.8 Å². The zero-order valence-electron chi connectivity index (χ0n) is 9.50. The fourth-order valence-electron chi connectivity index (χ4n) is 1.61. The van der Waals surface area contributed by atoms with Gasteiger partial charge in [0.15, 0.2) is 0 Å². The standard InChI is InChI=1S/C10H18N2O3/c1-4-15-6-5-12-8(13)7-11-9(14)10(12,2)3/h4-7H2,1-3H3,(H,11,14). The first-order valence-corrected chi connectivity index (χ1v) is 5.16. The first-order valence-electron chi connectivity index (χ1n) is 5.16. The van der Waals surface area contributed by atoms with Gasteiger partial charge >= 0.3 is 0 Å². The molecule has 5 nitrogen and oxygen atoms in total. The van der Waals surface area contributed by atoms with Crippen LogP contribution in [0.15, 0.2) is 0 Å². The Balaban J connectivity index is 2.64. The van der Waals surface area contributed by atoms with Crippen molar-refractivity contribution in [3.8, 4) is 0 Å². The number of nitrogens with one attached hydrogen (secondary N) is 1. The van der Waals surface area contributed by atoms with Crippen molar-refractivity contribution in [1.82, 2.24) is 10.2 Å². The summed E-state index contributed by atoms with van der Waals surface area (Å²) in [6.45, 7) is 7.03. The molecule has 0 spiro atoms. The second kappa shape index (κ2) is 4.61. The van der Waals surface area contributed by atoms with Crippen LogP contribution >= 0.6 is 0 Å². The zero-order valence-corrected chi connectivity index (χ0v) is 9.50. The largest absolute Gasteiger partial charge is 0.380 e. The number of piperazine rings is 1. The number of nitrogens with zero attached hydrogens (tertiary/aromatic N) is 1. The van der Waals surface area contributed by atoms with Gasteiger partial charge in [-0.3, -0.25) is 9.59 Å². The van der Waals surface area contributed by atoms with E-state index < -0.39 is 5.54 Å². The zero-order chi connectivity index (χ0) is 11.5. The molecule has 0 radical (unpaired) electrons. The number of ether oxygens (including phenoxy) is 1. The van der Waals surface area contributed by atoms with Crippen LogP contribution in [0.1, 0.15) is 20.8 Å². The lowest BCUT2D eigenvalue weighted by Gasteiger charge is -2.40. The van der Waals surface area contributed by atoms with Crippen LogP contribution < -0.4 is 5.32 Å². The van der Waals surface area contributed by atoms with Gasteiger partial charge in [-0.15, -0.1) is 0 Å². The smallest absolute Gasteiger partial charge is 0.245 e. The van der Waals surface area contributed by atoms with Crippen LogP contribution in [-0.4, -0.2) is 48.6 Å². The Bertz CT molecular complexity index is 263. The van der Waals surface area contributed by atoms with Gasteiger partial charge in [0.25, 0.3) is 0 Å². The number of carbonyl (C=O) groups is 2. The van der Waals surface area contributed by atoms with E-state index in [4.69, 9.17) is 4.74 Å². The lowest BCUT2D eigenvalue weighted by Crippen LogP contribution is -2.64. The van der Waals surface area contributed by atoms with E-state index in [1.54, 1.807) is 18.7 Å². The molecule has 86 valence electrons. The molecule has 1 aliphatic rings. The lowest BCUT2D eigenvalue weighted by molar-refractivity contribution is -0.152. The first-order chi connectivity index (χ1) is 7.00. The Hall–Kier alpha value is -1.10. The van der Waals surface area contributed by atoms with E-state index in [0.29, 0.717) is 19.8 Å². The normalized spacial score (nSPS) is 20.3. The van der Waals surface area contributed by atoms with E-state index in [9.17, 15) is 9.59 Å². The highest BCUT2D eigenvalue weighted by Crippen LogP contribution is 2.17. The Morgan fingerprint density at radius 2 is 2.13 bits per heavy atom. The maximum Gasteiger partial charge on any atom is 0.245 e. The first kappa shape index (κ1) is 12.0. The Morgan fingerprint density at radius 1 is 1.47 bits per heavy atom. The van der Waals surface area contributed by atoms with Crippen LogP contribution in [-0.2, 0) is 14.3 Å². The second-order valence-corrected chi connectivity index (χ2v) is 3.98. The van der Waals surface area contributed by atoms with E-state index in [2.05, 4.69) is 5.32 Å². The highest BCUT2D eigenvalue weighted by molar-refractivity contribution is 5.97. The summed E-state index contributed by atoms with van der Waals surface area (Å²) in [5, 5.41) is 2.57. The summed E-state index contributed by atoms with van der Waals surface area (Å²) in [4.78, 5) is 24.7. The van der Waals surface area contributed by atoms with E-state index >= 15 is 0 Å². The summed E-state index contributed by atoms with van der Waals surface area (Å²) in [6.07, 6.45) is 0. The van der Waals surface area contributed by atoms with Crippen molar-refractivity contribution in [2.75, 3.05) is 26.3 Å². The number of hydrogen-bond donors (Lipinski definition) is 1. The van der Waals surface area contributed by atoms with Gasteiger partial charge in [-0.05, 0) is 20.8 Å². The van der Waals surface area contributed by atoms with Crippen molar-refractivity contribution < 1.29 is 14.3 Å². The summed E-state index contributed by atoms with van der Waals surface area (Å²) in [5.74, 6) is -0.169. The molecule has 0 unspecified atom stereocenters. The summed E-state index contributed by atoms with van der Waals surface area (Å²) in [7, 11) is 0. The quantitative estimate of drug-likeness (QED) is 0.657. The van der Waals surface area contributed by atoms with E-state index in [1.807, 2.05) is 6.92 Å². The van der Waals surface area contributed by atoms with Gasteiger partial charge in [-0.25, -0.2) is 0 Å². The van der Waals surface area contributed by atoms with Gasteiger partial charge in [-0.1, -0.05) is 0 Å². The average molecular weight is 214 g/mol. The van der Waals surface area contributed by atoms with Crippen molar-refractivity contribution >= 4 is 11.8 Å². The maximum atomic E-state index is 11.6. The molecule has 1 fully saturated rings. The molecule has 0 bridgehead atoms. The molecule has 1 rings (SSSR count). The molecule has 1 N–H and O–H groups in total. The molecule has 5 heteroatoms. The van der Waals surface area contributed by atoms with Crippen molar-refractivity contribution in [2.24, 2.45) is 0 Å². The van der Waals surface area contributed by atoms with Gasteiger partial charge in [0.2, 0.25) is 11.8 Å². The Morgan fingerprint density at radius 3 is 2.73 bits per heavy atom. The molecule has 2 amide bonds. The predicted octanol–water partition coefficient (Wildman–Crippen LogP) is -0.240. The van der Waals surface area contributed by atoms with Crippen LogP contribution in [0.4, 0.5) is 0 Å². The van der Waals surface area contributed by atoms with Crippen molar-refractivity contribution in [2.45, 2.75) is 26.3 Å². The van der Waals surface area contributed by atoms with Crippen molar-refractivity contribution in [1.29, 1.82) is 0 Å². The SMILES string of the molecule is CCOCCN1C(=O)CNC(=O)C1(C)C. The number of rotatable bonds is 4. The fraction of sp³-hybridized carbons (Fsp3) is 0.800. The van der Waals surface area contributed by atoms with Crippen molar-refractivity contribution in [3.05, 3.63) is 0 Å². The van der Waals surface area contributed by atoms with Gasteiger partial charge in [-0.2, -0.15) is 0 Å². The monoisotopic (exact) mass is 214 g/mol. The second-order valence-electron chi connectivity index (χ2n) is 3.98. The summed E-state index contributed by atoms with van der Waals surface area (Å²) < 4.78 is 5.19. The molecular weight excluding hydrogens is 196 g/mol. The third-order valence-corrected chi connectivity index (χ3v) is 2.60. The van der Waals surface area contributed by atoms with Crippen LogP contribution in [0, 0.1) is 0 Å². The summed E-state index contributed by atoms with van der Waals surface area (Å²) in [5.41, 5.74) is -0.771. The summed E-state index contributed by atoms with van der Waals surface area (Å²) in [6, 6.07) is 0. The minimum absolute atomic E-state index is 0.0562. The highest BCUT2D eigenvalue weighted by atomic mass is 16.5. The Kier molecular flexibility index (Phi) is 3.68. The molecule has 1 heterocycles. The highest BCUT2D eigenvalue weighted by Gasteiger charge is 2.41. The average Bonchev–Trinajstić information content (AvgIpc) is 2.18. The molecule has 1 saturated heterocycles. The molecule has 0 saturated carbocycles. The van der Waals surface area contributed by atoms with Crippen LogP contribution in [0.2, 0.25) is 0 Å². The molecule has 0 aromatic heterocycles. The van der Waals surface area contributed by atoms with Gasteiger partial charge < -0.3 is 15.0 Å².